The molecule has 3 N–H and O–H groups in total. The molecule has 0 bridgehead atoms. The van der Waals surface area contributed by atoms with Crippen molar-refractivity contribution in [2.24, 2.45) is 11.7 Å². The molecule has 0 rings (SSSR count). The largest absolute Gasteiger partial charge is 0.369 e. The molecule has 0 aliphatic heterocycles. The highest BCUT2D eigenvalue weighted by Gasteiger charge is 2.26. The number of carbonyl (C=O) groups excluding carboxylic acids is 1. The summed E-state index contributed by atoms with van der Waals surface area (Å²) in [5, 5.41) is 2.84. The molecule has 0 radical (unpaired) electrons. The summed E-state index contributed by atoms with van der Waals surface area (Å²) in [6.45, 7) is 6.87. The fourth-order valence-electron chi connectivity index (χ4n) is 0.959. The number of nitrogens with one attached hydrogen (secondary N) is 1. The van der Waals surface area contributed by atoms with Gasteiger partial charge in [-0.2, -0.15) is 0 Å². The van der Waals surface area contributed by atoms with Crippen LogP contribution in [0.2, 0.25) is 0 Å². The van der Waals surface area contributed by atoms with Gasteiger partial charge in [-0.05, 0) is 32.7 Å². The van der Waals surface area contributed by atoms with Gasteiger partial charge in [0, 0.05) is 13.7 Å². The number of carbonyl (C=O) groups is 1. The van der Waals surface area contributed by atoms with Crippen LogP contribution >= 0.6 is 0 Å². The lowest BCUT2D eigenvalue weighted by atomic mass is 10.1. The SMILES string of the molecule is COC(C)(C)C(=O)NCC(C)CCN. The first-order valence-electron chi connectivity index (χ1n) is 4.97. The topological polar surface area (TPSA) is 64.3 Å². The van der Waals surface area contributed by atoms with Gasteiger partial charge < -0.3 is 15.8 Å². The number of hydrogen-bond donors (Lipinski definition) is 2. The zero-order valence-corrected chi connectivity index (χ0v) is 9.59. The zero-order chi connectivity index (χ0) is 11.2. The van der Waals surface area contributed by atoms with E-state index in [9.17, 15) is 4.79 Å². The summed E-state index contributed by atoms with van der Waals surface area (Å²) in [6.07, 6.45) is 0.924. The molecule has 0 saturated carbocycles. The highest BCUT2D eigenvalue weighted by molar-refractivity contribution is 5.84. The van der Waals surface area contributed by atoms with Gasteiger partial charge in [-0.25, -0.2) is 0 Å². The second-order valence-corrected chi connectivity index (χ2v) is 4.11. The number of rotatable bonds is 6. The Morgan fingerprint density at radius 1 is 1.57 bits per heavy atom. The smallest absolute Gasteiger partial charge is 0.251 e. The highest BCUT2D eigenvalue weighted by Crippen LogP contribution is 2.07. The van der Waals surface area contributed by atoms with Crippen molar-refractivity contribution in [3.63, 3.8) is 0 Å². The average Bonchev–Trinajstić information content (AvgIpc) is 2.14. The van der Waals surface area contributed by atoms with Crippen molar-refractivity contribution in [1.82, 2.24) is 5.32 Å². The molecule has 0 aromatic rings. The molecule has 1 atom stereocenters. The van der Waals surface area contributed by atoms with Crippen molar-refractivity contribution in [1.29, 1.82) is 0 Å². The molecule has 0 spiro atoms. The predicted molar refractivity (Wildman–Crippen MR) is 56.9 cm³/mol. The number of methoxy groups -OCH3 is 1. The molecule has 0 fully saturated rings. The van der Waals surface area contributed by atoms with E-state index in [1.807, 2.05) is 0 Å². The van der Waals surface area contributed by atoms with E-state index in [0.29, 0.717) is 19.0 Å². The van der Waals surface area contributed by atoms with Crippen LogP contribution in [0, 0.1) is 5.92 Å². The molecule has 0 heterocycles. The molecule has 0 saturated heterocycles. The maximum Gasteiger partial charge on any atom is 0.251 e. The molecule has 84 valence electrons. The van der Waals surface area contributed by atoms with Crippen LogP contribution in [0.1, 0.15) is 27.2 Å². The number of nitrogens with two attached hydrogens (primary N) is 1. The molecular weight excluding hydrogens is 180 g/mol. The van der Waals surface area contributed by atoms with Gasteiger partial charge in [-0.3, -0.25) is 4.79 Å². The fourth-order valence-corrected chi connectivity index (χ4v) is 0.959. The van der Waals surface area contributed by atoms with Crippen molar-refractivity contribution in [3.05, 3.63) is 0 Å². The Hall–Kier alpha value is -0.610. The molecule has 0 aliphatic carbocycles. The van der Waals surface area contributed by atoms with Crippen LogP contribution < -0.4 is 11.1 Å². The summed E-state index contributed by atoms with van der Waals surface area (Å²) >= 11 is 0. The number of amides is 1. The quantitative estimate of drug-likeness (QED) is 0.659. The van der Waals surface area contributed by atoms with Gasteiger partial charge in [0.05, 0.1) is 0 Å². The van der Waals surface area contributed by atoms with Crippen molar-refractivity contribution >= 4 is 5.91 Å². The minimum atomic E-state index is -0.748. The molecule has 1 amide bonds. The monoisotopic (exact) mass is 202 g/mol. The summed E-state index contributed by atoms with van der Waals surface area (Å²) in [5.41, 5.74) is 4.66. The Bertz CT molecular complexity index is 181. The van der Waals surface area contributed by atoms with Crippen LogP contribution in [0.25, 0.3) is 0 Å². The lowest BCUT2D eigenvalue weighted by molar-refractivity contribution is -0.139. The maximum absolute atomic E-state index is 11.5. The molecule has 1 unspecified atom stereocenters. The van der Waals surface area contributed by atoms with E-state index in [4.69, 9.17) is 10.5 Å². The van der Waals surface area contributed by atoms with Crippen LogP contribution in [0.5, 0.6) is 0 Å². The van der Waals surface area contributed by atoms with Crippen LogP contribution in [0.3, 0.4) is 0 Å². The first kappa shape index (κ1) is 13.4. The normalized spacial score (nSPS) is 13.8. The molecule has 0 aliphatic rings. The Balaban J connectivity index is 3.85. The van der Waals surface area contributed by atoms with E-state index >= 15 is 0 Å². The summed E-state index contributed by atoms with van der Waals surface area (Å²) in [4.78, 5) is 11.5. The first-order valence-corrected chi connectivity index (χ1v) is 4.97. The van der Waals surface area contributed by atoms with Gasteiger partial charge in [0.1, 0.15) is 5.60 Å². The van der Waals surface area contributed by atoms with Gasteiger partial charge in [-0.1, -0.05) is 6.92 Å². The fraction of sp³-hybridized carbons (Fsp3) is 0.900. The standard InChI is InChI=1S/C10H22N2O2/c1-8(5-6-11)7-12-9(13)10(2,3)14-4/h8H,5-7,11H2,1-4H3,(H,12,13). The van der Waals surface area contributed by atoms with Gasteiger partial charge in [0.25, 0.3) is 5.91 Å². The van der Waals surface area contributed by atoms with Crippen molar-refractivity contribution in [3.8, 4) is 0 Å². The van der Waals surface area contributed by atoms with Crippen LogP contribution in [-0.4, -0.2) is 31.7 Å². The third kappa shape index (κ3) is 4.58. The lowest BCUT2D eigenvalue weighted by Crippen LogP contribution is -2.45. The molecular formula is C10H22N2O2. The predicted octanol–water partition coefficient (Wildman–Crippen LogP) is 0.513. The Labute approximate surface area is 86.2 Å². The second kappa shape index (κ2) is 5.98. The van der Waals surface area contributed by atoms with Crippen LogP contribution in [-0.2, 0) is 9.53 Å². The Morgan fingerprint density at radius 2 is 2.14 bits per heavy atom. The summed E-state index contributed by atoms with van der Waals surface area (Å²) < 4.78 is 5.05. The average molecular weight is 202 g/mol. The third-order valence-electron chi connectivity index (χ3n) is 2.33. The molecule has 4 heteroatoms. The maximum atomic E-state index is 11.5. The van der Waals surface area contributed by atoms with E-state index < -0.39 is 5.60 Å². The summed E-state index contributed by atoms with van der Waals surface area (Å²) in [7, 11) is 1.53. The third-order valence-corrected chi connectivity index (χ3v) is 2.33. The van der Waals surface area contributed by atoms with Crippen LogP contribution in [0.4, 0.5) is 0 Å². The highest BCUT2D eigenvalue weighted by atomic mass is 16.5. The summed E-state index contributed by atoms with van der Waals surface area (Å²) in [6, 6.07) is 0. The van der Waals surface area contributed by atoms with Gasteiger partial charge in [0.2, 0.25) is 0 Å². The van der Waals surface area contributed by atoms with E-state index in [1.54, 1.807) is 13.8 Å². The Morgan fingerprint density at radius 3 is 2.57 bits per heavy atom. The number of hydrogen-bond acceptors (Lipinski definition) is 3. The lowest BCUT2D eigenvalue weighted by Gasteiger charge is -2.22. The minimum Gasteiger partial charge on any atom is -0.369 e. The van der Waals surface area contributed by atoms with Gasteiger partial charge in [-0.15, -0.1) is 0 Å². The van der Waals surface area contributed by atoms with Gasteiger partial charge >= 0.3 is 0 Å². The molecule has 0 aromatic heterocycles. The van der Waals surface area contributed by atoms with Gasteiger partial charge in [0.15, 0.2) is 0 Å². The van der Waals surface area contributed by atoms with Crippen molar-refractivity contribution < 1.29 is 9.53 Å². The molecule has 14 heavy (non-hydrogen) atoms. The summed E-state index contributed by atoms with van der Waals surface area (Å²) in [5.74, 6) is 0.334. The number of ether oxygens (including phenoxy) is 1. The van der Waals surface area contributed by atoms with E-state index in [1.165, 1.54) is 7.11 Å². The van der Waals surface area contributed by atoms with E-state index in [0.717, 1.165) is 6.42 Å². The van der Waals surface area contributed by atoms with Crippen molar-refractivity contribution in [2.75, 3.05) is 20.2 Å². The first-order chi connectivity index (χ1) is 6.44. The van der Waals surface area contributed by atoms with Crippen LogP contribution in [0.15, 0.2) is 0 Å². The molecule has 0 aromatic carbocycles. The molecule has 4 nitrogen and oxygen atoms in total. The van der Waals surface area contributed by atoms with E-state index in [-0.39, 0.29) is 5.91 Å². The zero-order valence-electron chi connectivity index (χ0n) is 9.59. The van der Waals surface area contributed by atoms with E-state index in [2.05, 4.69) is 12.2 Å². The minimum absolute atomic E-state index is 0.0797. The second-order valence-electron chi connectivity index (χ2n) is 4.11. The Kier molecular flexibility index (Phi) is 5.72. The van der Waals surface area contributed by atoms with Crippen molar-refractivity contribution in [2.45, 2.75) is 32.8 Å².